The van der Waals surface area contributed by atoms with Gasteiger partial charge in [-0.2, -0.15) is 0 Å². The minimum atomic E-state index is -0.505. The number of benzene rings is 1. The Kier molecular flexibility index (Phi) is 7.87. The van der Waals surface area contributed by atoms with Gasteiger partial charge >= 0.3 is 0 Å². The van der Waals surface area contributed by atoms with Crippen molar-refractivity contribution in [3.05, 3.63) is 34.3 Å². The van der Waals surface area contributed by atoms with Crippen LogP contribution in [0.3, 0.4) is 0 Å². The van der Waals surface area contributed by atoms with Crippen molar-refractivity contribution in [2.45, 2.75) is 38.5 Å². The zero-order valence-corrected chi connectivity index (χ0v) is 15.7. The maximum Gasteiger partial charge on any atom is 0.230 e. The van der Waals surface area contributed by atoms with Gasteiger partial charge in [-0.25, -0.2) is 0 Å². The predicted molar refractivity (Wildman–Crippen MR) is 97.6 cm³/mol. The first kappa shape index (κ1) is 19.5. The molecule has 22 heavy (non-hydrogen) atoms. The number of hydrogen-bond donors (Lipinski definition) is 2. The van der Waals surface area contributed by atoms with Crippen molar-refractivity contribution in [3.8, 4) is 0 Å². The number of halogens is 2. The summed E-state index contributed by atoms with van der Waals surface area (Å²) in [5, 5.41) is 6.52. The van der Waals surface area contributed by atoms with Crippen LogP contribution in [0.5, 0.6) is 0 Å². The molecule has 0 bridgehead atoms. The third-order valence-corrected chi connectivity index (χ3v) is 4.84. The van der Waals surface area contributed by atoms with Crippen LogP contribution in [0.15, 0.2) is 28.7 Å². The van der Waals surface area contributed by atoms with Crippen molar-refractivity contribution in [2.75, 3.05) is 19.6 Å². The van der Waals surface area contributed by atoms with Crippen molar-refractivity contribution in [1.82, 2.24) is 10.6 Å². The molecule has 0 radical (unpaired) electrons. The van der Waals surface area contributed by atoms with Gasteiger partial charge in [0, 0.05) is 11.0 Å². The molecule has 0 saturated carbocycles. The highest BCUT2D eigenvalue weighted by molar-refractivity contribution is 9.10. The van der Waals surface area contributed by atoms with E-state index >= 15 is 0 Å². The molecule has 124 valence electrons. The first-order chi connectivity index (χ1) is 10.00. The third-order valence-electron chi connectivity index (χ3n) is 4.35. The second-order valence-electron chi connectivity index (χ2n) is 6.39. The van der Waals surface area contributed by atoms with E-state index in [1.807, 2.05) is 38.1 Å². The quantitative estimate of drug-likeness (QED) is 0.807. The average Bonchev–Trinajstić information content (AvgIpc) is 2.48. The lowest BCUT2D eigenvalue weighted by molar-refractivity contribution is -0.125. The predicted octanol–water partition coefficient (Wildman–Crippen LogP) is 3.65. The van der Waals surface area contributed by atoms with Crippen molar-refractivity contribution in [1.29, 1.82) is 0 Å². The molecule has 5 heteroatoms. The van der Waals surface area contributed by atoms with Gasteiger partial charge < -0.3 is 10.6 Å². The fourth-order valence-electron chi connectivity index (χ4n) is 2.79. The Hall–Kier alpha value is -0.580. The van der Waals surface area contributed by atoms with E-state index in [1.54, 1.807) is 0 Å². The minimum Gasteiger partial charge on any atom is -0.355 e. The van der Waals surface area contributed by atoms with E-state index in [0.29, 0.717) is 5.92 Å². The maximum atomic E-state index is 12.5. The lowest BCUT2D eigenvalue weighted by Crippen LogP contribution is -2.41. The molecule has 1 aromatic rings. The molecule has 1 aromatic carbocycles. The molecule has 1 atom stereocenters. The van der Waals surface area contributed by atoms with E-state index in [1.165, 1.54) is 12.8 Å². The molecule has 0 aliphatic carbocycles. The normalized spacial score (nSPS) is 18.4. The van der Waals surface area contributed by atoms with Crippen LogP contribution in [0.1, 0.15) is 38.7 Å². The summed E-state index contributed by atoms with van der Waals surface area (Å²) >= 11 is 3.47. The lowest BCUT2D eigenvalue weighted by Gasteiger charge is -2.26. The van der Waals surface area contributed by atoms with Gasteiger partial charge in [0.15, 0.2) is 0 Å². The number of carbonyl (C=O) groups is 1. The summed E-state index contributed by atoms with van der Waals surface area (Å²) in [6, 6.07) is 7.98. The summed E-state index contributed by atoms with van der Waals surface area (Å²) in [5.41, 5.74) is 0.530. The zero-order chi connectivity index (χ0) is 15.3. The molecule has 2 N–H and O–H groups in total. The Morgan fingerprint density at radius 2 is 2.23 bits per heavy atom. The SMILES string of the molecule is CC(C)(C(=O)NCCC1CCCNC1)c1cccc(Br)c1.Cl. The van der Waals surface area contributed by atoms with E-state index in [4.69, 9.17) is 0 Å². The number of carbonyl (C=O) groups excluding carboxylic acids is 1. The summed E-state index contributed by atoms with van der Waals surface area (Å²) in [5.74, 6) is 0.803. The van der Waals surface area contributed by atoms with Crippen molar-refractivity contribution >= 4 is 34.2 Å². The highest BCUT2D eigenvalue weighted by atomic mass is 79.9. The molecule has 1 amide bonds. The maximum absolute atomic E-state index is 12.5. The summed E-state index contributed by atoms with van der Waals surface area (Å²) in [4.78, 5) is 12.5. The fraction of sp³-hybridized carbons (Fsp3) is 0.588. The van der Waals surface area contributed by atoms with Crippen LogP contribution in [-0.4, -0.2) is 25.5 Å². The number of hydrogen-bond acceptors (Lipinski definition) is 2. The Morgan fingerprint density at radius 3 is 2.86 bits per heavy atom. The van der Waals surface area contributed by atoms with Gasteiger partial charge in [-0.1, -0.05) is 28.1 Å². The second-order valence-corrected chi connectivity index (χ2v) is 7.31. The number of piperidine rings is 1. The Bertz CT molecular complexity index is 487. The van der Waals surface area contributed by atoms with Crippen molar-refractivity contribution < 1.29 is 4.79 Å². The molecule has 2 rings (SSSR count). The van der Waals surface area contributed by atoms with Gasteiger partial charge in [0.05, 0.1) is 5.41 Å². The highest BCUT2D eigenvalue weighted by Gasteiger charge is 2.29. The van der Waals surface area contributed by atoms with Gasteiger partial charge in [-0.3, -0.25) is 4.79 Å². The summed E-state index contributed by atoms with van der Waals surface area (Å²) < 4.78 is 1.01. The van der Waals surface area contributed by atoms with Gasteiger partial charge in [0.1, 0.15) is 0 Å². The Morgan fingerprint density at radius 1 is 1.45 bits per heavy atom. The molecular weight excluding hydrogens is 364 g/mol. The highest BCUT2D eigenvalue weighted by Crippen LogP contribution is 2.26. The Labute approximate surface area is 148 Å². The topological polar surface area (TPSA) is 41.1 Å². The number of rotatable bonds is 5. The zero-order valence-electron chi connectivity index (χ0n) is 13.3. The molecule has 1 saturated heterocycles. The van der Waals surface area contributed by atoms with Gasteiger partial charge in [0.25, 0.3) is 0 Å². The molecule has 1 aliphatic rings. The van der Waals surface area contributed by atoms with Crippen LogP contribution in [0.4, 0.5) is 0 Å². The molecule has 0 spiro atoms. The van der Waals surface area contributed by atoms with E-state index in [2.05, 4.69) is 26.6 Å². The molecule has 3 nitrogen and oxygen atoms in total. The minimum absolute atomic E-state index is 0. The lowest BCUT2D eigenvalue weighted by atomic mass is 9.83. The number of nitrogens with one attached hydrogen (secondary N) is 2. The molecular formula is C17H26BrClN2O. The van der Waals surface area contributed by atoms with Crippen LogP contribution in [0, 0.1) is 5.92 Å². The first-order valence-electron chi connectivity index (χ1n) is 7.75. The summed E-state index contributed by atoms with van der Waals surface area (Å²) in [7, 11) is 0. The largest absolute Gasteiger partial charge is 0.355 e. The van der Waals surface area contributed by atoms with E-state index in [9.17, 15) is 4.79 Å². The summed E-state index contributed by atoms with van der Waals surface area (Å²) in [6.45, 7) is 6.95. The van der Waals surface area contributed by atoms with Crippen LogP contribution >= 0.6 is 28.3 Å². The first-order valence-corrected chi connectivity index (χ1v) is 8.54. The number of amides is 1. The van der Waals surface area contributed by atoms with Crippen LogP contribution in [-0.2, 0) is 10.2 Å². The monoisotopic (exact) mass is 388 g/mol. The molecule has 1 fully saturated rings. The summed E-state index contributed by atoms with van der Waals surface area (Å²) in [6.07, 6.45) is 3.59. The third kappa shape index (κ3) is 5.25. The standard InChI is InChI=1S/C17H25BrN2O.ClH/c1-17(2,14-6-3-7-15(18)11-14)16(21)20-10-8-13-5-4-9-19-12-13;/h3,6-7,11,13,19H,4-5,8-10,12H2,1-2H3,(H,20,21);1H. The molecule has 1 unspecified atom stereocenters. The van der Waals surface area contributed by atoms with Crippen molar-refractivity contribution in [3.63, 3.8) is 0 Å². The molecule has 1 aliphatic heterocycles. The molecule has 0 aromatic heterocycles. The van der Waals surface area contributed by atoms with Gasteiger partial charge in [0.2, 0.25) is 5.91 Å². The van der Waals surface area contributed by atoms with Crippen molar-refractivity contribution in [2.24, 2.45) is 5.92 Å². The van der Waals surface area contributed by atoms with Crippen LogP contribution in [0.2, 0.25) is 0 Å². The Balaban J connectivity index is 0.00000242. The second kappa shape index (κ2) is 8.90. The van der Waals surface area contributed by atoms with Gasteiger partial charge in [-0.15, -0.1) is 12.4 Å². The smallest absolute Gasteiger partial charge is 0.230 e. The van der Waals surface area contributed by atoms with E-state index in [0.717, 1.165) is 36.1 Å². The van der Waals surface area contributed by atoms with E-state index in [-0.39, 0.29) is 18.3 Å². The van der Waals surface area contributed by atoms with E-state index < -0.39 is 5.41 Å². The molecule has 1 heterocycles. The van der Waals surface area contributed by atoms with Crippen LogP contribution in [0.25, 0.3) is 0 Å². The average molecular weight is 390 g/mol. The van der Waals surface area contributed by atoms with Gasteiger partial charge in [-0.05, 0) is 69.8 Å². The fourth-order valence-corrected chi connectivity index (χ4v) is 3.19. The van der Waals surface area contributed by atoms with Crippen LogP contribution < -0.4 is 10.6 Å².